The number of nitrogens with two attached hydrogens (primary N) is 1. The van der Waals surface area contributed by atoms with Gasteiger partial charge >= 0.3 is 0 Å². The molecule has 0 radical (unpaired) electrons. The maximum atomic E-state index is 12.4. The number of nitrogen functional groups attached to an aromatic ring is 1. The minimum atomic E-state index is -0.0549. The van der Waals surface area contributed by atoms with Gasteiger partial charge in [0.25, 0.3) is 0 Å². The maximum absolute atomic E-state index is 12.4. The summed E-state index contributed by atoms with van der Waals surface area (Å²) in [4.78, 5) is 12.4. The fourth-order valence-corrected chi connectivity index (χ4v) is 2.24. The van der Waals surface area contributed by atoms with Crippen molar-refractivity contribution >= 4 is 23.1 Å². The molecule has 0 saturated carbocycles. The molecule has 3 aromatic carbocycles. The van der Waals surface area contributed by atoms with Crippen LogP contribution < -0.4 is 10.5 Å². The van der Waals surface area contributed by atoms with Crippen LogP contribution in [-0.2, 0) is 0 Å². The summed E-state index contributed by atoms with van der Waals surface area (Å²) in [6.07, 6.45) is 0. The molecule has 0 spiro atoms. The summed E-state index contributed by atoms with van der Waals surface area (Å²) in [6.45, 7) is 0. The number of carbonyl (C=O) groups excluding carboxylic acids is 1. The first-order chi connectivity index (χ1) is 11.1. The molecule has 0 fully saturated rings. The highest BCUT2D eigenvalue weighted by atomic mass is 35.5. The lowest BCUT2D eigenvalue weighted by Gasteiger charge is -2.07. The highest BCUT2D eigenvalue weighted by molar-refractivity contribution is 6.30. The van der Waals surface area contributed by atoms with E-state index in [1.165, 1.54) is 0 Å². The molecule has 0 aliphatic rings. The second kappa shape index (κ2) is 6.55. The average molecular weight is 324 g/mol. The van der Waals surface area contributed by atoms with E-state index in [0.717, 1.165) is 0 Å². The van der Waals surface area contributed by atoms with Gasteiger partial charge in [0, 0.05) is 21.8 Å². The van der Waals surface area contributed by atoms with Gasteiger partial charge in [-0.15, -0.1) is 0 Å². The molecule has 0 saturated heterocycles. The molecule has 3 rings (SSSR count). The Kier molecular flexibility index (Phi) is 4.31. The van der Waals surface area contributed by atoms with Crippen LogP contribution in [-0.4, -0.2) is 5.78 Å². The number of halogens is 1. The third-order valence-corrected chi connectivity index (χ3v) is 3.59. The van der Waals surface area contributed by atoms with Crippen molar-refractivity contribution < 1.29 is 9.53 Å². The summed E-state index contributed by atoms with van der Waals surface area (Å²) in [5.74, 6) is 1.29. The van der Waals surface area contributed by atoms with E-state index < -0.39 is 0 Å². The van der Waals surface area contributed by atoms with E-state index in [1.807, 2.05) is 0 Å². The molecule has 0 aliphatic heterocycles. The van der Waals surface area contributed by atoms with Gasteiger partial charge in [-0.05, 0) is 72.8 Å². The van der Waals surface area contributed by atoms with E-state index in [-0.39, 0.29) is 5.78 Å². The normalized spacial score (nSPS) is 10.3. The Morgan fingerprint density at radius 2 is 1.17 bits per heavy atom. The van der Waals surface area contributed by atoms with Crippen molar-refractivity contribution in [2.45, 2.75) is 0 Å². The van der Waals surface area contributed by atoms with Gasteiger partial charge in [0.2, 0.25) is 0 Å². The minimum Gasteiger partial charge on any atom is -0.457 e. The van der Waals surface area contributed by atoms with E-state index >= 15 is 0 Å². The molecule has 0 unspecified atom stereocenters. The van der Waals surface area contributed by atoms with Crippen LogP contribution in [0, 0.1) is 0 Å². The first-order valence-corrected chi connectivity index (χ1v) is 7.43. The van der Waals surface area contributed by atoms with Crippen LogP contribution in [0.3, 0.4) is 0 Å². The van der Waals surface area contributed by atoms with Gasteiger partial charge in [-0.3, -0.25) is 4.79 Å². The Morgan fingerprint density at radius 1 is 0.739 bits per heavy atom. The van der Waals surface area contributed by atoms with Crippen LogP contribution in [0.2, 0.25) is 5.02 Å². The van der Waals surface area contributed by atoms with Crippen molar-refractivity contribution in [3.63, 3.8) is 0 Å². The first-order valence-electron chi connectivity index (χ1n) is 7.05. The zero-order valence-corrected chi connectivity index (χ0v) is 13.0. The third-order valence-electron chi connectivity index (χ3n) is 3.34. The molecule has 3 nitrogen and oxygen atoms in total. The van der Waals surface area contributed by atoms with Crippen LogP contribution in [0.25, 0.3) is 0 Å². The molecule has 0 bridgehead atoms. The second-order valence-electron chi connectivity index (χ2n) is 5.03. The number of rotatable bonds is 4. The summed E-state index contributed by atoms with van der Waals surface area (Å²) in [5, 5.41) is 0.605. The number of hydrogen-bond donors (Lipinski definition) is 1. The Bertz CT molecular complexity index is 809. The summed E-state index contributed by atoms with van der Waals surface area (Å²) in [5.41, 5.74) is 7.51. The van der Waals surface area contributed by atoms with Gasteiger partial charge in [0.15, 0.2) is 5.78 Å². The summed E-state index contributed by atoms with van der Waals surface area (Å²) in [6, 6.07) is 21.0. The molecule has 2 N–H and O–H groups in total. The SMILES string of the molecule is Nc1ccc(Oc2ccc(C(=O)c3ccc(Cl)cc3)cc2)cc1. The number of anilines is 1. The Hall–Kier alpha value is -2.78. The molecule has 114 valence electrons. The fourth-order valence-electron chi connectivity index (χ4n) is 2.11. The monoisotopic (exact) mass is 323 g/mol. The van der Waals surface area contributed by atoms with Crippen molar-refractivity contribution in [1.29, 1.82) is 0 Å². The second-order valence-corrected chi connectivity index (χ2v) is 5.47. The van der Waals surface area contributed by atoms with Gasteiger partial charge in [-0.1, -0.05) is 11.6 Å². The van der Waals surface area contributed by atoms with Crippen molar-refractivity contribution in [2.24, 2.45) is 0 Å². The van der Waals surface area contributed by atoms with Gasteiger partial charge in [-0.25, -0.2) is 0 Å². The summed E-state index contributed by atoms with van der Waals surface area (Å²) in [7, 11) is 0. The lowest BCUT2D eigenvalue weighted by molar-refractivity contribution is 0.103. The number of hydrogen-bond acceptors (Lipinski definition) is 3. The molecule has 4 heteroatoms. The minimum absolute atomic E-state index is 0.0549. The van der Waals surface area contributed by atoms with Crippen molar-refractivity contribution in [3.05, 3.63) is 88.9 Å². The zero-order chi connectivity index (χ0) is 16.2. The van der Waals surface area contributed by atoms with E-state index in [9.17, 15) is 4.79 Å². The molecular weight excluding hydrogens is 310 g/mol. The van der Waals surface area contributed by atoms with Crippen molar-refractivity contribution in [2.75, 3.05) is 5.73 Å². The number of benzene rings is 3. The molecule has 3 aromatic rings. The molecule has 0 atom stereocenters. The molecule has 0 heterocycles. The van der Waals surface area contributed by atoms with E-state index in [2.05, 4.69) is 0 Å². The largest absolute Gasteiger partial charge is 0.457 e. The smallest absolute Gasteiger partial charge is 0.193 e. The quantitative estimate of drug-likeness (QED) is 0.546. The van der Waals surface area contributed by atoms with E-state index in [1.54, 1.807) is 72.8 Å². The number of carbonyl (C=O) groups is 1. The predicted octanol–water partition coefficient (Wildman–Crippen LogP) is 4.95. The first kappa shape index (κ1) is 15.1. The number of ketones is 1. The van der Waals surface area contributed by atoms with E-state index in [4.69, 9.17) is 22.1 Å². The van der Waals surface area contributed by atoms with Crippen LogP contribution in [0.4, 0.5) is 5.69 Å². The molecule has 0 aromatic heterocycles. The van der Waals surface area contributed by atoms with Crippen molar-refractivity contribution in [1.82, 2.24) is 0 Å². The van der Waals surface area contributed by atoms with Gasteiger partial charge in [-0.2, -0.15) is 0 Å². The topological polar surface area (TPSA) is 52.3 Å². The molecule has 0 amide bonds. The highest BCUT2D eigenvalue weighted by Gasteiger charge is 2.09. The Balaban J connectivity index is 1.75. The predicted molar refractivity (Wildman–Crippen MR) is 92.3 cm³/mol. The van der Waals surface area contributed by atoms with Gasteiger partial charge in [0.05, 0.1) is 0 Å². The summed E-state index contributed by atoms with van der Waals surface area (Å²) < 4.78 is 5.71. The lowest BCUT2D eigenvalue weighted by Crippen LogP contribution is -2.00. The van der Waals surface area contributed by atoms with Gasteiger partial charge < -0.3 is 10.5 Å². The fraction of sp³-hybridized carbons (Fsp3) is 0. The highest BCUT2D eigenvalue weighted by Crippen LogP contribution is 2.23. The van der Waals surface area contributed by atoms with Crippen molar-refractivity contribution in [3.8, 4) is 11.5 Å². The maximum Gasteiger partial charge on any atom is 0.193 e. The standard InChI is InChI=1S/C19H14ClNO2/c20-15-5-1-13(2-6-15)19(22)14-3-9-17(10-4-14)23-18-11-7-16(21)8-12-18/h1-12H,21H2. The van der Waals surface area contributed by atoms with Gasteiger partial charge in [0.1, 0.15) is 11.5 Å². The van der Waals surface area contributed by atoms with Crippen LogP contribution in [0.1, 0.15) is 15.9 Å². The van der Waals surface area contributed by atoms with Crippen LogP contribution in [0.15, 0.2) is 72.8 Å². The summed E-state index contributed by atoms with van der Waals surface area (Å²) >= 11 is 5.83. The van der Waals surface area contributed by atoms with Crippen LogP contribution >= 0.6 is 11.6 Å². The molecule has 0 aliphatic carbocycles. The average Bonchev–Trinajstić information content (AvgIpc) is 2.58. The lowest BCUT2D eigenvalue weighted by atomic mass is 10.0. The Morgan fingerprint density at radius 3 is 1.70 bits per heavy atom. The zero-order valence-electron chi connectivity index (χ0n) is 12.2. The number of ether oxygens (including phenoxy) is 1. The third kappa shape index (κ3) is 3.71. The molecular formula is C19H14ClNO2. The van der Waals surface area contributed by atoms with Crippen LogP contribution in [0.5, 0.6) is 11.5 Å². The molecule has 23 heavy (non-hydrogen) atoms. The Labute approximate surface area is 139 Å². The van der Waals surface area contributed by atoms with E-state index in [0.29, 0.717) is 33.3 Å².